The van der Waals surface area contributed by atoms with E-state index in [0.717, 1.165) is 6.20 Å². The average molecular weight is 288 g/mol. The lowest BCUT2D eigenvalue weighted by Crippen LogP contribution is -2.07. The molecule has 2 rings (SSSR count). The second-order valence-electron chi connectivity index (χ2n) is 4.31. The highest BCUT2D eigenvalue weighted by Gasteiger charge is 2.10. The Hall–Kier alpha value is -3.03. The highest BCUT2D eigenvalue weighted by atomic mass is 16.6. The van der Waals surface area contributed by atoms with E-state index in [4.69, 9.17) is 5.11 Å². The lowest BCUT2D eigenvalue weighted by atomic mass is 10.2. The third kappa shape index (κ3) is 3.50. The molecule has 108 valence electrons. The van der Waals surface area contributed by atoms with E-state index in [1.54, 1.807) is 6.92 Å². The summed E-state index contributed by atoms with van der Waals surface area (Å²) >= 11 is 0. The Morgan fingerprint density at radius 3 is 2.81 bits per heavy atom. The Balaban J connectivity index is 2.11. The summed E-state index contributed by atoms with van der Waals surface area (Å²) < 4.78 is 0. The quantitative estimate of drug-likeness (QED) is 0.638. The molecule has 0 unspecified atom stereocenters. The van der Waals surface area contributed by atoms with Crippen LogP contribution in [0, 0.1) is 17.0 Å². The molecular weight excluding hydrogens is 276 g/mol. The van der Waals surface area contributed by atoms with E-state index < -0.39 is 10.9 Å². The van der Waals surface area contributed by atoms with Crippen LogP contribution in [0.4, 0.5) is 11.5 Å². The fourth-order valence-electron chi connectivity index (χ4n) is 1.73. The van der Waals surface area contributed by atoms with Crippen molar-refractivity contribution in [3.8, 4) is 0 Å². The van der Waals surface area contributed by atoms with Gasteiger partial charge in [0.25, 0.3) is 5.69 Å². The first kappa shape index (κ1) is 14.4. The average Bonchev–Trinajstić information content (AvgIpc) is 2.46. The topological polar surface area (TPSA) is 118 Å². The molecule has 8 nitrogen and oxygen atoms in total. The molecule has 0 fully saturated rings. The highest BCUT2D eigenvalue weighted by molar-refractivity contribution is 5.87. The number of anilines is 1. The Bertz CT molecular complexity index is 702. The number of hydrogen-bond acceptors (Lipinski definition) is 6. The third-order valence-corrected chi connectivity index (χ3v) is 2.78. The minimum atomic E-state index is -1.02. The first-order chi connectivity index (χ1) is 9.97. The standard InChI is InChI=1S/C13H12N4O4/c1-8-4-11(17(20)21)7-16-12(8)15-6-10-5-9(13(18)19)2-3-14-10/h2-5,7H,6H2,1H3,(H,15,16)(H,18,19). The van der Waals surface area contributed by atoms with Crippen molar-refractivity contribution >= 4 is 17.5 Å². The number of pyridine rings is 2. The van der Waals surface area contributed by atoms with Crippen LogP contribution >= 0.6 is 0 Å². The van der Waals surface area contributed by atoms with Crippen LogP contribution in [0.3, 0.4) is 0 Å². The van der Waals surface area contributed by atoms with Gasteiger partial charge in [-0.1, -0.05) is 0 Å². The fraction of sp³-hybridized carbons (Fsp3) is 0.154. The van der Waals surface area contributed by atoms with Crippen LogP contribution in [0.2, 0.25) is 0 Å². The summed E-state index contributed by atoms with van der Waals surface area (Å²) in [5.74, 6) is -0.536. The van der Waals surface area contributed by atoms with Gasteiger partial charge in [-0.05, 0) is 24.6 Å². The molecule has 2 aromatic heterocycles. The molecule has 0 aromatic carbocycles. The van der Waals surface area contributed by atoms with Gasteiger partial charge >= 0.3 is 5.97 Å². The third-order valence-electron chi connectivity index (χ3n) is 2.78. The van der Waals surface area contributed by atoms with Crippen LogP contribution in [-0.2, 0) is 6.54 Å². The van der Waals surface area contributed by atoms with Crippen molar-refractivity contribution in [1.82, 2.24) is 9.97 Å². The first-order valence-corrected chi connectivity index (χ1v) is 6.00. The van der Waals surface area contributed by atoms with Gasteiger partial charge in [-0.15, -0.1) is 0 Å². The van der Waals surface area contributed by atoms with E-state index in [-0.39, 0.29) is 17.8 Å². The van der Waals surface area contributed by atoms with Gasteiger partial charge in [-0.3, -0.25) is 15.1 Å². The maximum absolute atomic E-state index is 10.9. The lowest BCUT2D eigenvalue weighted by Gasteiger charge is -2.08. The smallest absolute Gasteiger partial charge is 0.335 e. The van der Waals surface area contributed by atoms with Gasteiger partial charge in [0.1, 0.15) is 12.0 Å². The summed E-state index contributed by atoms with van der Waals surface area (Å²) in [7, 11) is 0. The predicted octanol–water partition coefficient (Wildman–Crippen LogP) is 2.00. The number of rotatable bonds is 5. The fourth-order valence-corrected chi connectivity index (χ4v) is 1.73. The molecule has 2 N–H and O–H groups in total. The van der Waals surface area contributed by atoms with Gasteiger partial charge in [0.15, 0.2) is 0 Å². The number of hydrogen-bond donors (Lipinski definition) is 2. The molecular formula is C13H12N4O4. The number of nitro groups is 1. The van der Waals surface area contributed by atoms with E-state index in [1.807, 2.05) is 0 Å². The first-order valence-electron chi connectivity index (χ1n) is 6.00. The molecule has 8 heteroatoms. The zero-order valence-corrected chi connectivity index (χ0v) is 11.1. The molecule has 0 saturated heterocycles. The molecule has 0 saturated carbocycles. The van der Waals surface area contributed by atoms with Crippen LogP contribution in [0.15, 0.2) is 30.6 Å². The Kier molecular flexibility index (Phi) is 4.07. The van der Waals surface area contributed by atoms with Crippen LogP contribution in [0.25, 0.3) is 0 Å². The van der Waals surface area contributed by atoms with Crippen LogP contribution < -0.4 is 5.32 Å². The monoisotopic (exact) mass is 288 g/mol. The normalized spacial score (nSPS) is 10.1. The van der Waals surface area contributed by atoms with Crippen molar-refractivity contribution in [2.45, 2.75) is 13.5 Å². The zero-order chi connectivity index (χ0) is 15.4. The SMILES string of the molecule is Cc1cc([N+](=O)[O-])cnc1NCc1cc(C(=O)O)ccn1. The van der Waals surface area contributed by atoms with E-state index in [1.165, 1.54) is 24.4 Å². The van der Waals surface area contributed by atoms with Crippen molar-refractivity contribution in [2.75, 3.05) is 5.32 Å². The van der Waals surface area contributed by atoms with E-state index in [0.29, 0.717) is 17.1 Å². The van der Waals surface area contributed by atoms with Gasteiger partial charge in [0.05, 0.1) is 22.7 Å². The number of aromatic carboxylic acids is 1. The zero-order valence-electron chi connectivity index (χ0n) is 11.1. The second-order valence-corrected chi connectivity index (χ2v) is 4.31. The molecule has 0 atom stereocenters. The summed E-state index contributed by atoms with van der Waals surface area (Å²) in [6.45, 7) is 1.97. The Morgan fingerprint density at radius 2 is 2.19 bits per heavy atom. The van der Waals surface area contributed by atoms with Crippen molar-refractivity contribution < 1.29 is 14.8 Å². The molecule has 0 aliphatic rings. The summed E-state index contributed by atoms with van der Waals surface area (Å²) in [5.41, 5.74) is 1.23. The minimum absolute atomic E-state index is 0.0796. The number of aromatic nitrogens is 2. The molecule has 0 amide bonds. The van der Waals surface area contributed by atoms with E-state index in [2.05, 4.69) is 15.3 Å². The number of carboxylic acid groups (broad SMARTS) is 1. The molecule has 0 aliphatic carbocycles. The maximum atomic E-state index is 10.9. The Labute approximate surface area is 119 Å². The van der Waals surface area contributed by atoms with Crippen molar-refractivity contribution in [3.05, 3.63) is 57.5 Å². The molecule has 0 radical (unpaired) electrons. The second kappa shape index (κ2) is 5.95. The summed E-state index contributed by atoms with van der Waals surface area (Å²) in [6, 6.07) is 4.27. The van der Waals surface area contributed by atoms with E-state index in [9.17, 15) is 14.9 Å². The van der Waals surface area contributed by atoms with Gasteiger partial charge in [-0.2, -0.15) is 0 Å². The number of nitrogens with zero attached hydrogens (tertiary/aromatic N) is 3. The van der Waals surface area contributed by atoms with Crippen molar-refractivity contribution in [3.63, 3.8) is 0 Å². The highest BCUT2D eigenvalue weighted by Crippen LogP contribution is 2.18. The van der Waals surface area contributed by atoms with Crippen LogP contribution in [0.5, 0.6) is 0 Å². The van der Waals surface area contributed by atoms with Crippen LogP contribution in [-0.4, -0.2) is 26.0 Å². The lowest BCUT2D eigenvalue weighted by molar-refractivity contribution is -0.385. The number of aryl methyl sites for hydroxylation is 1. The molecule has 0 aliphatic heterocycles. The molecule has 0 spiro atoms. The molecule has 2 aromatic rings. The summed E-state index contributed by atoms with van der Waals surface area (Å²) in [6.07, 6.45) is 2.58. The molecule has 0 bridgehead atoms. The van der Waals surface area contributed by atoms with Crippen LogP contribution in [0.1, 0.15) is 21.6 Å². The number of nitrogens with one attached hydrogen (secondary N) is 1. The maximum Gasteiger partial charge on any atom is 0.335 e. The predicted molar refractivity (Wildman–Crippen MR) is 74.2 cm³/mol. The van der Waals surface area contributed by atoms with Gasteiger partial charge in [0, 0.05) is 12.3 Å². The number of carboxylic acids is 1. The molecule has 2 heterocycles. The minimum Gasteiger partial charge on any atom is -0.478 e. The Morgan fingerprint density at radius 1 is 1.43 bits per heavy atom. The van der Waals surface area contributed by atoms with Crippen molar-refractivity contribution in [2.24, 2.45) is 0 Å². The largest absolute Gasteiger partial charge is 0.478 e. The van der Waals surface area contributed by atoms with Gasteiger partial charge in [-0.25, -0.2) is 9.78 Å². The van der Waals surface area contributed by atoms with Gasteiger partial charge < -0.3 is 10.4 Å². The van der Waals surface area contributed by atoms with Crippen molar-refractivity contribution in [1.29, 1.82) is 0 Å². The molecule has 21 heavy (non-hydrogen) atoms. The summed E-state index contributed by atoms with van der Waals surface area (Å²) in [5, 5.41) is 22.5. The number of carbonyl (C=O) groups is 1. The van der Waals surface area contributed by atoms with Gasteiger partial charge in [0.2, 0.25) is 0 Å². The summed E-state index contributed by atoms with van der Waals surface area (Å²) in [4.78, 5) is 29.0. The van der Waals surface area contributed by atoms with E-state index >= 15 is 0 Å².